The number of hydrogen-bond donors (Lipinski definition) is 3. The molecular formula is C19H29N9O4. The van der Waals surface area contributed by atoms with Crippen molar-refractivity contribution < 1.29 is 19.1 Å². The van der Waals surface area contributed by atoms with Crippen LogP contribution >= 0.6 is 0 Å². The Morgan fingerprint density at radius 2 is 1.59 bits per heavy atom. The lowest BCUT2D eigenvalue weighted by molar-refractivity contribution is -0.0111. The third kappa shape index (κ3) is 10.6. The molecule has 0 saturated heterocycles. The highest BCUT2D eigenvalue weighted by atomic mass is 16.5. The van der Waals surface area contributed by atoms with Gasteiger partial charge in [-0.25, -0.2) is 0 Å². The molecule has 0 aromatic heterocycles. The molecule has 0 bridgehead atoms. The Hall–Kier alpha value is -3.34. The molecule has 0 fully saturated rings. The molecule has 4 N–H and O–H groups in total. The number of nitrogens with two attached hydrogens (primary N) is 1. The van der Waals surface area contributed by atoms with Crippen molar-refractivity contribution >= 4 is 11.8 Å². The number of nitrogens with one attached hydrogen (secondary N) is 2. The average Bonchev–Trinajstić information content (AvgIpc) is 2.79. The number of azide groups is 2. The number of nitrogens with zero attached hydrogens (tertiary/aromatic N) is 6. The number of hydrogen-bond acceptors (Lipinski definition) is 7. The van der Waals surface area contributed by atoms with Gasteiger partial charge in [0.25, 0.3) is 11.8 Å². The summed E-state index contributed by atoms with van der Waals surface area (Å²) in [7, 11) is 0. The summed E-state index contributed by atoms with van der Waals surface area (Å²) in [6.45, 7) is 5.40. The minimum absolute atomic E-state index is 0.165. The monoisotopic (exact) mass is 447 g/mol. The molecule has 0 aliphatic heterocycles. The first kappa shape index (κ1) is 26.7. The number of carbonyl (C=O) groups is 2. The second-order valence-electron chi connectivity index (χ2n) is 7.19. The van der Waals surface area contributed by atoms with Gasteiger partial charge in [-0.3, -0.25) is 9.59 Å². The summed E-state index contributed by atoms with van der Waals surface area (Å²) in [6.07, 6.45) is 0. The number of amides is 2. The summed E-state index contributed by atoms with van der Waals surface area (Å²) < 4.78 is 10.8. The molecule has 1 rings (SSSR count). The van der Waals surface area contributed by atoms with E-state index in [9.17, 15) is 9.59 Å². The van der Waals surface area contributed by atoms with E-state index in [1.165, 1.54) is 6.07 Å². The van der Waals surface area contributed by atoms with Crippen LogP contribution in [0, 0.1) is 0 Å². The zero-order chi connectivity index (χ0) is 23.8. The van der Waals surface area contributed by atoms with Gasteiger partial charge < -0.3 is 25.8 Å². The number of ether oxygens (including phenoxy) is 2. The van der Waals surface area contributed by atoms with Crippen molar-refractivity contribution in [2.45, 2.75) is 26.0 Å². The molecule has 0 radical (unpaired) electrons. The van der Waals surface area contributed by atoms with Crippen LogP contribution in [0.15, 0.2) is 28.4 Å². The predicted molar refractivity (Wildman–Crippen MR) is 118 cm³/mol. The van der Waals surface area contributed by atoms with Crippen LogP contribution < -0.4 is 16.4 Å². The molecular weight excluding hydrogens is 418 g/mol. The Morgan fingerprint density at radius 1 is 1.00 bits per heavy atom. The molecule has 0 heterocycles. The van der Waals surface area contributed by atoms with E-state index in [0.717, 1.165) is 0 Å². The zero-order valence-electron chi connectivity index (χ0n) is 18.3. The largest absolute Gasteiger partial charge is 0.379 e. The molecule has 0 atom stereocenters. The van der Waals surface area contributed by atoms with Gasteiger partial charge >= 0.3 is 0 Å². The predicted octanol–water partition coefficient (Wildman–Crippen LogP) is 2.04. The van der Waals surface area contributed by atoms with Gasteiger partial charge in [-0.2, -0.15) is 0 Å². The molecule has 0 saturated carbocycles. The second kappa shape index (κ2) is 14.6. The van der Waals surface area contributed by atoms with Crippen LogP contribution in [0.25, 0.3) is 20.9 Å². The summed E-state index contributed by atoms with van der Waals surface area (Å²) in [6, 6.07) is 4.74. The molecule has 1 aromatic carbocycles. The van der Waals surface area contributed by atoms with Gasteiger partial charge in [-0.15, -0.1) is 0 Å². The fourth-order valence-corrected chi connectivity index (χ4v) is 2.52. The topological polar surface area (TPSA) is 200 Å². The first-order valence-electron chi connectivity index (χ1n) is 9.97. The van der Waals surface area contributed by atoms with E-state index in [1.54, 1.807) is 26.0 Å². The third-order valence-corrected chi connectivity index (χ3v) is 4.11. The lowest BCUT2D eigenvalue weighted by atomic mass is 10.0. The summed E-state index contributed by atoms with van der Waals surface area (Å²) in [5, 5.41) is 12.2. The summed E-state index contributed by atoms with van der Waals surface area (Å²) >= 11 is 0. The van der Waals surface area contributed by atoms with Gasteiger partial charge in [0.15, 0.2) is 0 Å². The fourth-order valence-electron chi connectivity index (χ4n) is 2.52. The molecule has 2 amide bonds. The smallest absolute Gasteiger partial charge is 0.251 e. The van der Waals surface area contributed by atoms with E-state index in [4.69, 9.17) is 26.3 Å². The highest BCUT2D eigenvalue weighted by Crippen LogP contribution is 2.12. The quantitative estimate of drug-likeness (QED) is 0.159. The summed E-state index contributed by atoms with van der Waals surface area (Å²) in [5.41, 5.74) is 22.8. The van der Waals surface area contributed by atoms with E-state index in [-0.39, 0.29) is 64.4 Å². The average molecular weight is 448 g/mol. The van der Waals surface area contributed by atoms with Crippen LogP contribution in [0.1, 0.15) is 40.1 Å². The SMILES string of the molecule is CC(C)(CNC(=O)c1cc(CN)cc(C(=O)NCCOCCN=[N+]=[N-])c1)OCCN=[N+]=[N-]. The Labute approximate surface area is 185 Å². The van der Waals surface area contributed by atoms with Crippen LogP contribution in [-0.2, 0) is 16.0 Å². The van der Waals surface area contributed by atoms with Crippen molar-refractivity contribution in [2.24, 2.45) is 16.0 Å². The van der Waals surface area contributed by atoms with Crippen molar-refractivity contribution in [3.05, 3.63) is 55.8 Å². The maximum atomic E-state index is 12.6. The number of carbonyl (C=O) groups excluding carboxylic acids is 2. The van der Waals surface area contributed by atoms with E-state index < -0.39 is 5.60 Å². The van der Waals surface area contributed by atoms with Gasteiger partial charge in [-0.05, 0) is 48.7 Å². The molecule has 0 aliphatic carbocycles. The highest BCUT2D eigenvalue weighted by molar-refractivity contribution is 6.00. The van der Waals surface area contributed by atoms with Crippen molar-refractivity contribution in [2.75, 3.05) is 46.0 Å². The number of benzene rings is 1. The maximum Gasteiger partial charge on any atom is 0.251 e. The molecule has 13 nitrogen and oxygen atoms in total. The van der Waals surface area contributed by atoms with Gasteiger partial charge in [0.1, 0.15) is 0 Å². The first-order chi connectivity index (χ1) is 15.3. The highest BCUT2D eigenvalue weighted by Gasteiger charge is 2.20. The lowest BCUT2D eigenvalue weighted by Gasteiger charge is -2.25. The molecule has 0 aliphatic rings. The second-order valence-corrected chi connectivity index (χ2v) is 7.19. The molecule has 1 aromatic rings. The van der Waals surface area contributed by atoms with Gasteiger partial charge in [-0.1, -0.05) is 10.2 Å². The Bertz CT molecular complexity index is 862. The normalized spacial score (nSPS) is 10.6. The molecule has 0 unspecified atom stereocenters. The summed E-state index contributed by atoms with van der Waals surface area (Å²) in [4.78, 5) is 30.4. The fraction of sp³-hybridized carbons (Fsp3) is 0.579. The van der Waals surface area contributed by atoms with Crippen molar-refractivity contribution in [1.82, 2.24) is 10.6 Å². The Kier molecular flexibility index (Phi) is 12.2. The van der Waals surface area contributed by atoms with E-state index >= 15 is 0 Å². The van der Waals surface area contributed by atoms with Crippen LogP contribution in [0.3, 0.4) is 0 Å². The van der Waals surface area contributed by atoms with Crippen LogP contribution in [-0.4, -0.2) is 63.4 Å². The van der Waals surface area contributed by atoms with Crippen LogP contribution in [0.4, 0.5) is 0 Å². The minimum Gasteiger partial charge on any atom is -0.379 e. The minimum atomic E-state index is -0.676. The molecule has 174 valence electrons. The van der Waals surface area contributed by atoms with E-state index in [2.05, 4.69) is 30.7 Å². The zero-order valence-corrected chi connectivity index (χ0v) is 18.3. The molecule has 13 heteroatoms. The summed E-state index contributed by atoms with van der Waals surface area (Å²) in [5.74, 6) is -0.739. The van der Waals surface area contributed by atoms with E-state index in [0.29, 0.717) is 16.7 Å². The number of rotatable bonds is 15. The standard InChI is InChI=1S/C19H29N9O4/c1-19(2,32-8-5-26-28-22)13-24-18(30)16-10-14(12-20)9-15(11-16)17(29)23-3-6-31-7-4-25-27-21/h9-11H,3-8,12-13,20H2,1-2H3,(H,23,29)(H,24,30). The van der Waals surface area contributed by atoms with Crippen molar-refractivity contribution in [1.29, 1.82) is 0 Å². The molecule has 0 spiro atoms. The van der Waals surface area contributed by atoms with Gasteiger partial charge in [0.2, 0.25) is 0 Å². The van der Waals surface area contributed by atoms with E-state index in [1.807, 2.05) is 0 Å². The van der Waals surface area contributed by atoms with Crippen LogP contribution in [0.5, 0.6) is 0 Å². The first-order valence-corrected chi connectivity index (χ1v) is 9.97. The Balaban J connectivity index is 2.66. The van der Waals surface area contributed by atoms with Gasteiger partial charge in [0.05, 0.1) is 25.4 Å². The van der Waals surface area contributed by atoms with Crippen molar-refractivity contribution in [3.8, 4) is 0 Å². The Morgan fingerprint density at radius 3 is 2.19 bits per heavy atom. The van der Waals surface area contributed by atoms with Crippen LogP contribution in [0.2, 0.25) is 0 Å². The third-order valence-electron chi connectivity index (χ3n) is 4.11. The molecule has 32 heavy (non-hydrogen) atoms. The van der Waals surface area contributed by atoms with Crippen molar-refractivity contribution in [3.63, 3.8) is 0 Å². The lowest BCUT2D eigenvalue weighted by Crippen LogP contribution is -2.41. The maximum absolute atomic E-state index is 12.6. The van der Waals surface area contributed by atoms with Gasteiger partial charge in [0, 0.05) is 53.7 Å².